The van der Waals surface area contributed by atoms with Gasteiger partial charge in [-0.05, 0) is 112 Å². The van der Waals surface area contributed by atoms with E-state index in [2.05, 4.69) is 39.5 Å². The van der Waals surface area contributed by atoms with Gasteiger partial charge in [0.15, 0.2) is 11.6 Å². The number of ketones is 2. The van der Waals surface area contributed by atoms with Crippen molar-refractivity contribution in [3.05, 3.63) is 34.8 Å². The maximum Gasteiger partial charge on any atom is 0.410 e. The van der Waals surface area contributed by atoms with Crippen LogP contribution in [0.1, 0.15) is 127 Å². The summed E-state index contributed by atoms with van der Waals surface area (Å²) in [4.78, 5) is 61.9. The number of piperazine rings is 1. The number of nitrogens with zero attached hydrogens (tertiary/aromatic N) is 3. The summed E-state index contributed by atoms with van der Waals surface area (Å²) in [6.07, 6.45) is 11.7. The lowest BCUT2D eigenvalue weighted by Crippen LogP contribution is -2.64. The van der Waals surface area contributed by atoms with Crippen molar-refractivity contribution in [3.63, 3.8) is 0 Å². The number of allylic oxidation sites excluding steroid dienone is 4. The Morgan fingerprint density at radius 2 is 1.54 bits per heavy atom. The van der Waals surface area contributed by atoms with Gasteiger partial charge in [-0.1, -0.05) is 60.1 Å². The molecule has 1 saturated heterocycles. The molecule has 1 heterocycles. The Balaban J connectivity index is 1.27. The molecule has 7 atom stereocenters. The molecule has 0 spiro atoms. The number of Topliss-reactive ketones (excluding diaryl/α,β-unsaturated/α-hetero) is 1. The Morgan fingerprint density at radius 1 is 0.920 bits per heavy atom. The first kappa shape index (κ1) is 36.8. The van der Waals surface area contributed by atoms with E-state index in [0.29, 0.717) is 32.6 Å². The van der Waals surface area contributed by atoms with E-state index in [-0.39, 0.29) is 68.7 Å². The third-order valence-electron chi connectivity index (χ3n) is 15.1. The molecular weight excluding hydrogens is 626 g/mol. The number of fused-ring (bicyclic) bond motifs is 7. The average Bonchev–Trinajstić information content (AvgIpc) is 3.02. The van der Waals surface area contributed by atoms with E-state index in [1.807, 2.05) is 51.7 Å². The van der Waals surface area contributed by atoms with Crippen LogP contribution < -0.4 is 0 Å². The molecule has 4 fully saturated rings. The number of hydrogen-bond donors (Lipinski definition) is 0. The number of rotatable bonds is 3. The lowest BCUT2D eigenvalue weighted by molar-refractivity contribution is -0.173. The lowest BCUT2D eigenvalue weighted by atomic mass is 9.34. The molecular formula is C42H61N3O5. The van der Waals surface area contributed by atoms with Crippen LogP contribution in [0.4, 0.5) is 4.79 Å². The first-order valence-corrected chi connectivity index (χ1v) is 19.2. The molecule has 0 bridgehead atoms. The molecule has 8 nitrogen and oxygen atoms in total. The molecule has 0 aromatic carbocycles. The van der Waals surface area contributed by atoms with Gasteiger partial charge in [-0.25, -0.2) is 9.64 Å². The minimum atomic E-state index is -0.670. The highest BCUT2D eigenvalue weighted by atomic mass is 16.6. The predicted octanol–water partition coefficient (Wildman–Crippen LogP) is 8.42. The summed E-state index contributed by atoms with van der Waals surface area (Å²) in [5.74, 6) is 0.385. The molecule has 0 unspecified atom stereocenters. The Labute approximate surface area is 300 Å². The van der Waals surface area contributed by atoms with E-state index in [1.54, 1.807) is 4.90 Å². The third kappa shape index (κ3) is 5.59. The van der Waals surface area contributed by atoms with E-state index in [1.165, 1.54) is 0 Å². The second-order valence-corrected chi connectivity index (χ2v) is 19.9. The van der Waals surface area contributed by atoms with E-state index >= 15 is 0 Å². The molecule has 8 heteroatoms. The molecule has 0 N–H and O–H groups in total. The Bertz CT molecular complexity index is 1580. The smallest absolute Gasteiger partial charge is 0.410 e. The molecule has 0 aromatic heterocycles. The van der Waals surface area contributed by atoms with Gasteiger partial charge in [0.05, 0.1) is 6.57 Å². The summed E-state index contributed by atoms with van der Waals surface area (Å²) >= 11 is 0. The molecule has 5 aliphatic carbocycles. The van der Waals surface area contributed by atoms with Crippen LogP contribution in [0.25, 0.3) is 4.85 Å². The van der Waals surface area contributed by atoms with Crippen molar-refractivity contribution < 1.29 is 23.9 Å². The van der Waals surface area contributed by atoms with Crippen molar-refractivity contribution in [3.8, 4) is 0 Å². The third-order valence-corrected chi connectivity index (χ3v) is 15.1. The van der Waals surface area contributed by atoms with Crippen LogP contribution in [-0.4, -0.2) is 65.1 Å². The van der Waals surface area contributed by atoms with Crippen molar-refractivity contribution in [1.29, 1.82) is 0 Å². The second kappa shape index (κ2) is 11.8. The zero-order chi connectivity index (χ0) is 36.9. The van der Waals surface area contributed by atoms with Crippen molar-refractivity contribution in [2.75, 3.05) is 26.2 Å². The van der Waals surface area contributed by atoms with Gasteiger partial charge in [-0.3, -0.25) is 9.59 Å². The van der Waals surface area contributed by atoms with Crippen LogP contribution in [-0.2, 0) is 19.1 Å². The Hall–Kier alpha value is -2.95. The lowest BCUT2D eigenvalue weighted by Gasteiger charge is -2.69. The first-order chi connectivity index (χ1) is 23.0. The molecule has 1 aliphatic heterocycles. The highest BCUT2D eigenvalue weighted by Gasteiger charge is 2.69. The molecule has 2 amide bonds. The SMILES string of the molecule is [C-]#[N+]C1=C[C@]2(C)C3=CC(=O)[C@@H]4[C@@H]5CC(C)(C)CC[C@]5(CCC(=O)N5CCN(C(=O)OC(C)(C)C)CC5)CC[C@@]4(C)[C@]3(C)CC[C@H]2C(C)(C)C1=O. The van der Waals surface area contributed by atoms with Crippen LogP contribution in [0.2, 0.25) is 0 Å². The maximum absolute atomic E-state index is 14.8. The molecule has 0 aromatic rings. The largest absolute Gasteiger partial charge is 0.444 e. The highest BCUT2D eigenvalue weighted by Crippen LogP contribution is 2.75. The molecule has 3 saturated carbocycles. The van der Waals surface area contributed by atoms with Crippen LogP contribution in [0.3, 0.4) is 0 Å². The van der Waals surface area contributed by atoms with Crippen molar-refractivity contribution >= 4 is 23.6 Å². The normalized spacial score (nSPS) is 39.1. The number of carbonyl (C=O) groups is 4. The standard InChI is InChI=1S/C42H61N3O5/c1-36(2,3)50-35(49)45-22-20-44(21-23-45)32(47)13-15-42-18-16-37(4,5)25-27(42)33-29(46)24-31-39(8)26-28(43-11)34(48)38(6,7)30(39)12-14-40(31,9)41(33,10)17-19-42/h24,26-27,30,33H,12-23,25H2,1-10H3/t27-,30-,33-,39-,40+,41+,42+/m0/s1. The number of ether oxygens (including phenoxy) is 1. The van der Waals surface area contributed by atoms with Crippen molar-refractivity contribution in [2.45, 2.75) is 133 Å². The van der Waals surface area contributed by atoms with E-state index in [9.17, 15) is 19.2 Å². The zero-order valence-electron chi connectivity index (χ0n) is 32.5. The maximum atomic E-state index is 14.8. The Kier molecular flexibility index (Phi) is 8.68. The Morgan fingerprint density at radius 3 is 2.16 bits per heavy atom. The minimum Gasteiger partial charge on any atom is -0.444 e. The van der Waals surface area contributed by atoms with Gasteiger partial charge in [-0.2, -0.15) is 0 Å². The van der Waals surface area contributed by atoms with Gasteiger partial charge in [0.2, 0.25) is 11.6 Å². The van der Waals surface area contributed by atoms with Gasteiger partial charge in [-0.15, -0.1) is 0 Å². The second-order valence-electron chi connectivity index (χ2n) is 19.9. The highest BCUT2D eigenvalue weighted by molar-refractivity contribution is 6.03. The van der Waals surface area contributed by atoms with E-state index < -0.39 is 16.4 Å². The average molecular weight is 688 g/mol. The number of amides is 2. The van der Waals surface area contributed by atoms with Crippen LogP contribution in [0, 0.1) is 56.8 Å². The topological polar surface area (TPSA) is 88.3 Å². The van der Waals surface area contributed by atoms with Gasteiger partial charge in [0.1, 0.15) is 5.60 Å². The summed E-state index contributed by atoms with van der Waals surface area (Å²) in [6.45, 7) is 31.1. The fourth-order valence-electron chi connectivity index (χ4n) is 12.1. The van der Waals surface area contributed by atoms with Gasteiger partial charge >= 0.3 is 6.09 Å². The fourth-order valence-corrected chi connectivity index (χ4v) is 12.1. The minimum absolute atomic E-state index is 0.0357. The molecule has 0 radical (unpaired) electrons. The molecule has 6 aliphatic rings. The van der Waals surface area contributed by atoms with Crippen LogP contribution in [0.15, 0.2) is 23.4 Å². The van der Waals surface area contributed by atoms with Gasteiger partial charge in [0, 0.05) is 49.3 Å². The monoisotopic (exact) mass is 687 g/mol. The van der Waals surface area contributed by atoms with Crippen molar-refractivity contribution in [2.24, 2.45) is 50.2 Å². The number of carbonyl (C=O) groups excluding carboxylic acids is 4. The fraction of sp³-hybridized carbons (Fsp3) is 0.786. The van der Waals surface area contributed by atoms with Crippen molar-refractivity contribution in [1.82, 2.24) is 9.80 Å². The summed E-state index contributed by atoms with van der Waals surface area (Å²) in [7, 11) is 0. The summed E-state index contributed by atoms with van der Waals surface area (Å²) in [5.41, 5.74) is -0.862. The van der Waals surface area contributed by atoms with Gasteiger partial charge in [0.25, 0.3) is 0 Å². The zero-order valence-corrected chi connectivity index (χ0v) is 32.5. The first-order valence-electron chi connectivity index (χ1n) is 19.2. The number of hydrogen-bond acceptors (Lipinski definition) is 5. The summed E-state index contributed by atoms with van der Waals surface area (Å²) < 4.78 is 5.55. The quantitative estimate of drug-likeness (QED) is 0.278. The van der Waals surface area contributed by atoms with E-state index in [0.717, 1.165) is 56.9 Å². The molecule has 274 valence electrons. The summed E-state index contributed by atoms with van der Waals surface area (Å²) in [6, 6.07) is 0. The van der Waals surface area contributed by atoms with Gasteiger partial charge < -0.3 is 19.3 Å². The predicted molar refractivity (Wildman–Crippen MR) is 194 cm³/mol. The van der Waals surface area contributed by atoms with E-state index in [4.69, 9.17) is 11.3 Å². The summed E-state index contributed by atoms with van der Waals surface area (Å²) in [5, 5.41) is 0. The van der Waals surface area contributed by atoms with Crippen LogP contribution in [0.5, 0.6) is 0 Å². The molecule has 50 heavy (non-hydrogen) atoms. The molecule has 6 rings (SSSR count). The van der Waals surface area contributed by atoms with Crippen LogP contribution >= 0.6 is 0 Å².